The van der Waals surface area contributed by atoms with Gasteiger partial charge in [0.1, 0.15) is 0 Å². The van der Waals surface area contributed by atoms with E-state index in [1.807, 2.05) is 6.92 Å². The zero-order valence-electron chi connectivity index (χ0n) is 7.64. The largest absolute Gasteiger partial charge is 0.328 e. The average molecular weight is 159 g/mol. The van der Waals surface area contributed by atoms with Gasteiger partial charge in [0.25, 0.3) is 0 Å². The van der Waals surface area contributed by atoms with Gasteiger partial charge in [-0.25, -0.2) is 0 Å². The average Bonchev–Trinajstić information content (AvgIpc) is 1.97. The van der Waals surface area contributed by atoms with Crippen molar-refractivity contribution in [2.45, 2.75) is 38.8 Å². The summed E-state index contributed by atoms with van der Waals surface area (Å²) >= 11 is 0. The molecule has 0 rings (SSSR count). The van der Waals surface area contributed by atoms with Gasteiger partial charge in [-0.15, -0.1) is 0 Å². The third-order valence-corrected chi connectivity index (χ3v) is 1.65. The molecule has 68 valence electrons. The van der Waals surface area contributed by atoms with Crippen LogP contribution in [-0.2, 0) is 0 Å². The number of hydrogen-bond donors (Lipinski definition) is 3. The second-order valence-electron chi connectivity index (χ2n) is 3.12. The van der Waals surface area contributed by atoms with Gasteiger partial charge in [0.15, 0.2) is 0 Å². The van der Waals surface area contributed by atoms with Crippen molar-refractivity contribution in [1.29, 1.82) is 0 Å². The van der Waals surface area contributed by atoms with Crippen molar-refractivity contribution in [3.63, 3.8) is 0 Å². The fourth-order valence-corrected chi connectivity index (χ4v) is 0.909. The van der Waals surface area contributed by atoms with Gasteiger partial charge in [-0.05, 0) is 26.3 Å². The molecular weight excluding hydrogens is 138 g/mol. The number of rotatable bonds is 6. The van der Waals surface area contributed by atoms with Crippen LogP contribution >= 0.6 is 0 Å². The van der Waals surface area contributed by atoms with Gasteiger partial charge >= 0.3 is 0 Å². The summed E-state index contributed by atoms with van der Waals surface area (Å²) < 4.78 is 0. The highest BCUT2D eigenvalue weighted by Gasteiger charge is 2.02. The molecule has 0 spiro atoms. The first-order chi connectivity index (χ1) is 5.16. The Morgan fingerprint density at radius 1 is 1.27 bits per heavy atom. The van der Waals surface area contributed by atoms with E-state index in [9.17, 15) is 0 Å². The number of nitrogens with one attached hydrogen (secondary N) is 1. The molecule has 3 heteroatoms. The van der Waals surface area contributed by atoms with E-state index in [1.54, 1.807) is 0 Å². The van der Waals surface area contributed by atoms with Gasteiger partial charge < -0.3 is 16.8 Å². The first kappa shape index (κ1) is 10.9. The Morgan fingerprint density at radius 3 is 2.36 bits per heavy atom. The molecule has 0 saturated heterocycles. The first-order valence-corrected chi connectivity index (χ1v) is 4.38. The zero-order valence-corrected chi connectivity index (χ0v) is 7.64. The van der Waals surface area contributed by atoms with Crippen molar-refractivity contribution < 1.29 is 0 Å². The molecule has 1 unspecified atom stereocenters. The Bertz CT molecular complexity index is 83.4. The normalized spacial score (nSPS) is 16.4. The first-order valence-electron chi connectivity index (χ1n) is 4.38. The molecule has 0 heterocycles. The van der Waals surface area contributed by atoms with Crippen LogP contribution in [-0.4, -0.2) is 25.2 Å². The van der Waals surface area contributed by atoms with Crippen LogP contribution in [0.25, 0.3) is 0 Å². The number of nitrogens with two attached hydrogens (primary N) is 2. The third-order valence-electron chi connectivity index (χ3n) is 1.65. The van der Waals surface area contributed by atoms with E-state index in [0.717, 1.165) is 25.9 Å². The number of likely N-dealkylation sites (N-methyl/N-ethyl adjacent to an activating group) is 1. The summed E-state index contributed by atoms with van der Waals surface area (Å²) in [5.74, 6) is 0. The number of hydrogen-bond acceptors (Lipinski definition) is 3. The Morgan fingerprint density at radius 2 is 1.91 bits per heavy atom. The summed E-state index contributed by atoms with van der Waals surface area (Å²) in [5.41, 5.74) is 11.4. The van der Waals surface area contributed by atoms with Crippen molar-refractivity contribution in [1.82, 2.24) is 5.32 Å². The van der Waals surface area contributed by atoms with Crippen LogP contribution in [0.5, 0.6) is 0 Å². The minimum absolute atomic E-state index is 0.265. The quantitative estimate of drug-likeness (QED) is 0.513. The summed E-state index contributed by atoms with van der Waals surface area (Å²) in [5, 5.41) is 3.21. The van der Waals surface area contributed by atoms with Gasteiger partial charge in [0.2, 0.25) is 0 Å². The maximum atomic E-state index is 5.79. The van der Waals surface area contributed by atoms with E-state index in [2.05, 4.69) is 12.2 Å². The Hall–Kier alpha value is -0.120. The fraction of sp³-hybridized carbons (Fsp3) is 1.00. The molecule has 0 saturated carbocycles. The highest BCUT2D eigenvalue weighted by Crippen LogP contribution is 1.96. The molecule has 0 radical (unpaired) electrons. The molecule has 0 aliphatic heterocycles. The topological polar surface area (TPSA) is 64.1 Å². The van der Waals surface area contributed by atoms with Gasteiger partial charge in [-0.3, -0.25) is 0 Å². The molecule has 0 aromatic rings. The second kappa shape index (κ2) is 6.58. The maximum absolute atomic E-state index is 5.79. The molecule has 2 atom stereocenters. The summed E-state index contributed by atoms with van der Waals surface area (Å²) in [4.78, 5) is 0. The lowest BCUT2D eigenvalue weighted by Gasteiger charge is -2.12. The Labute approximate surface area is 69.5 Å². The Balaban J connectivity index is 3.15. The van der Waals surface area contributed by atoms with E-state index in [4.69, 9.17) is 11.5 Å². The molecule has 5 N–H and O–H groups in total. The van der Waals surface area contributed by atoms with Gasteiger partial charge in [-0.1, -0.05) is 6.92 Å². The van der Waals surface area contributed by atoms with Crippen LogP contribution in [0.1, 0.15) is 26.7 Å². The second-order valence-corrected chi connectivity index (χ2v) is 3.12. The smallest absolute Gasteiger partial charge is 0.0165 e. The predicted octanol–water partition coefficient (Wildman–Crippen LogP) is 0.0506. The zero-order chi connectivity index (χ0) is 8.69. The fourth-order valence-electron chi connectivity index (χ4n) is 0.909. The molecular formula is C8H21N3. The lowest BCUT2D eigenvalue weighted by Crippen LogP contribution is -2.34. The molecule has 0 aromatic carbocycles. The molecule has 0 aromatic heterocycles. The van der Waals surface area contributed by atoms with Crippen molar-refractivity contribution in [2.75, 3.05) is 13.1 Å². The van der Waals surface area contributed by atoms with Crippen LogP contribution < -0.4 is 16.8 Å². The molecule has 0 bridgehead atoms. The van der Waals surface area contributed by atoms with Crippen molar-refractivity contribution in [3.05, 3.63) is 0 Å². The van der Waals surface area contributed by atoms with Gasteiger partial charge in [-0.2, -0.15) is 0 Å². The predicted molar refractivity (Wildman–Crippen MR) is 49.4 cm³/mol. The lowest BCUT2D eigenvalue weighted by molar-refractivity contribution is 0.508. The highest BCUT2D eigenvalue weighted by molar-refractivity contribution is 4.66. The summed E-state index contributed by atoms with van der Waals surface area (Å²) in [7, 11) is 0. The van der Waals surface area contributed by atoms with Crippen LogP contribution in [0.4, 0.5) is 0 Å². The molecule has 11 heavy (non-hydrogen) atoms. The molecule has 3 nitrogen and oxygen atoms in total. The maximum Gasteiger partial charge on any atom is 0.0165 e. The molecule has 0 aliphatic rings. The van der Waals surface area contributed by atoms with E-state index in [1.165, 1.54) is 0 Å². The van der Waals surface area contributed by atoms with Crippen molar-refractivity contribution in [2.24, 2.45) is 11.5 Å². The van der Waals surface area contributed by atoms with Crippen molar-refractivity contribution >= 4 is 0 Å². The van der Waals surface area contributed by atoms with Crippen LogP contribution in [0.3, 0.4) is 0 Å². The third kappa shape index (κ3) is 7.78. The van der Waals surface area contributed by atoms with Crippen LogP contribution in [0.2, 0.25) is 0 Å². The summed E-state index contributed by atoms with van der Waals surface area (Å²) in [6.07, 6.45) is 2.04. The SMILES string of the molecule is CCNC[C@@H](N)CCC(C)N. The molecule has 0 aliphatic carbocycles. The van der Waals surface area contributed by atoms with Crippen molar-refractivity contribution in [3.8, 4) is 0 Å². The summed E-state index contributed by atoms with van der Waals surface area (Å²) in [6.45, 7) is 5.99. The van der Waals surface area contributed by atoms with Gasteiger partial charge in [0, 0.05) is 18.6 Å². The summed E-state index contributed by atoms with van der Waals surface area (Å²) in [6, 6.07) is 0.545. The van der Waals surface area contributed by atoms with E-state index >= 15 is 0 Å². The minimum atomic E-state index is 0.265. The van der Waals surface area contributed by atoms with Gasteiger partial charge in [0.05, 0.1) is 0 Å². The van der Waals surface area contributed by atoms with E-state index in [0.29, 0.717) is 0 Å². The van der Waals surface area contributed by atoms with E-state index < -0.39 is 0 Å². The molecule has 0 fully saturated rings. The minimum Gasteiger partial charge on any atom is -0.328 e. The standard InChI is InChI=1S/C8H21N3/c1-3-11-6-8(10)5-4-7(2)9/h7-8,11H,3-6,9-10H2,1-2H3/t7?,8-/m0/s1. The van der Waals surface area contributed by atoms with Crippen LogP contribution in [0, 0.1) is 0 Å². The monoisotopic (exact) mass is 159 g/mol. The highest BCUT2D eigenvalue weighted by atomic mass is 14.9. The molecule has 0 amide bonds. The Kier molecular flexibility index (Phi) is 6.51. The lowest BCUT2D eigenvalue weighted by atomic mass is 10.1. The van der Waals surface area contributed by atoms with Crippen LogP contribution in [0.15, 0.2) is 0 Å². The van der Waals surface area contributed by atoms with E-state index in [-0.39, 0.29) is 12.1 Å².